The van der Waals surface area contributed by atoms with Gasteiger partial charge in [-0.1, -0.05) is 38.9 Å². The average Bonchev–Trinajstić information content (AvgIpc) is 2.23. The van der Waals surface area contributed by atoms with Gasteiger partial charge in [-0.2, -0.15) is 35.5 Å². The molecule has 0 aromatic heterocycles. The van der Waals surface area contributed by atoms with Crippen LogP contribution >= 0.6 is 0 Å². The van der Waals surface area contributed by atoms with Crippen molar-refractivity contribution in [2.24, 2.45) is 0 Å². The normalized spacial score (nSPS) is 10.1. The minimum absolute atomic E-state index is 0. The zero-order chi connectivity index (χ0) is 9.73. The molecule has 0 aliphatic heterocycles. The summed E-state index contributed by atoms with van der Waals surface area (Å²) >= 11 is 0. The van der Waals surface area contributed by atoms with Gasteiger partial charge in [0.25, 0.3) is 0 Å². The molecule has 0 fully saturated rings. The van der Waals surface area contributed by atoms with Crippen molar-refractivity contribution >= 4 is 36.3 Å². The van der Waals surface area contributed by atoms with E-state index in [0.29, 0.717) is 0 Å². The Bertz CT molecular complexity index is 239. The summed E-state index contributed by atoms with van der Waals surface area (Å²) in [5.74, 6) is 0. The molecule has 0 radical (unpaired) electrons. The van der Waals surface area contributed by atoms with Crippen LogP contribution in [0.5, 0.6) is 0 Å². The molecule has 80 valence electrons. The second kappa shape index (κ2) is 8.79. The van der Waals surface area contributed by atoms with E-state index < -0.39 is 8.07 Å². The maximum atomic E-state index is 3.42. The van der Waals surface area contributed by atoms with Crippen molar-refractivity contribution in [2.75, 3.05) is 0 Å². The monoisotopic (exact) mass is 294 g/mol. The molecule has 0 aliphatic carbocycles. The van der Waals surface area contributed by atoms with E-state index in [0.717, 1.165) is 0 Å². The number of hydrogen-bond acceptors (Lipinski definition) is 0. The predicted octanol–water partition coefficient (Wildman–Crippen LogP) is -0.175. The Morgan fingerprint density at radius 3 is 1.93 bits per heavy atom. The van der Waals surface area contributed by atoms with E-state index >= 15 is 0 Å². The van der Waals surface area contributed by atoms with Crippen LogP contribution in [0.1, 0.15) is 20.8 Å². The van der Waals surface area contributed by atoms with Crippen LogP contribution in [0.15, 0.2) is 24.3 Å². The van der Waals surface area contributed by atoms with Gasteiger partial charge in [0.05, 0.1) is 8.07 Å². The van der Waals surface area contributed by atoms with Crippen LogP contribution < -0.4 is 22.2 Å². The van der Waals surface area contributed by atoms with Gasteiger partial charge in [-0.25, -0.2) is 0 Å². The van der Waals surface area contributed by atoms with Crippen LogP contribution in [-0.2, 0) is 0 Å². The summed E-state index contributed by atoms with van der Waals surface area (Å²) in [4.78, 5) is 0. The van der Waals surface area contributed by atoms with Crippen LogP contribution in [0, 0.1) is 6.07 Å². The van der Waals surface area contributed by atoms with E-state index in [2.05, 4.69) is 51.1 Å². The van der Waals surface area contributed by atoms with Gasteiger partial charge in [0, 0.05) is 0 Å². The van der Waals surface area contributed by atoms with Gasteiger partial charge in [-0.15, -0.1) is 0 Å². The second-order valence-electron chi connectivity index (χ2n) is 3.62. The van der Waals surface area contributed by atoms with Crippen LogP contribution in [0.2, 0.25) is 18.1 Å². The van der Waals surface area contributed by atoms with Crippen molar-refractivity contribution in [1.82, 2.24) is 0 Å². The average molecular weight is 296 g/mol. The molecule has 1 rings (SSSR count). The van der Waals surface area contributed by atoms with Gasteiger partial charge in [0.1, 0.15) is 0 Å². The maximum absolute atomic E-state index is 3.42. The first-order chi connectivity index (χ1) is 6.29. The molecular formula is C12H19BrMgSi. The Hall–Kier alpha value is 0.683. The quantitative estimate of drug-likeness (QED) is 0.534. The van der Waals surface area contributed by atoms with Crippen molar-refractivity contribution in [1.29, 1.82) is 0 Å². The molecule has 0 heterocycles. The van der Waals surface area contributed by atoms with Crippen molar-refractivity contribution in [2.45, 2.75) is 38.9 Å². The van der Waals surface area contributed by atoms with Crippen LogP contribution in [0.25, 0.3) is 0 Å². The van der Waals surface area contributed by atoms with Gasteiger partial charge in [-0.3, -0.25) is 0 Å². The Morgan fingerprint density at radius 1 is 1.07 bits per heavy atom. The molecule has 0 unspecified atom stereocenters. The van der Waals surface area contributed by atoms with Crippen molar-refractivity contribution < 1.29 is 17.0 Å². The third-order valence-corrected chi connectivity index (χ3v) is 8.83. The molecule has 3 heteroatoms. The van der Waals surface area contributed by atoms with E-state index in [9.17, 15) is 0 Å². The van der Waals surface area contributed by atoms with Crippen molar-refractivity contribution in [3.05, 3.63) is 30.3 Å². The van der Waals surface area contributed by atoms with Gasteiger partial charge < -0.3 is 17.0 Å². The Kier molecular flexibility index (Phi) is 10.6. The first-order valence-electron chi connectivity index (χ1n) is 5.26. The van der Waals surface area contributed by atoms with Crippen LogP contribution in [0.4, 0.5) is 0 Å². The maximum Gasteiger partial charge on any atom is 2.00 e. The third-order valence-electron chi connectivity index (χ3n) is 3.31. The molecule has 0 bridgehead atoms. The van der Waals surface area contributed by atoms with E-state index in [1.165, 1.54) is 23.3 Å². The fraction of sp³-hybridized carbons (Fsp3) is 0.500. The predicted molar refractivity (Wildman–Crippen MR) is 67.9 cm³/mol. The minimum atomic E-state index is -1.15. The van der Waals surface area contributed by atoms with E-state index in [1.54, 1.807) is 0 Å². The molecule has 0 saturated heterocycles. The van der Waals surface area contributed by atoms with Gasteiger partial charge in [0.15, 0.2) is 0 Å². The van der Waals surface area contributed by atoms with E-state index in [1.807, 2.05) is 0 Å². The smallest absolute Gasteiger partial charge is 1.00 e. The largest absolute Gasteiger partial charge is 2.00 e. The van der Waals surface area contributed by atoms with E-state index in [-0.39, 0.29) is 40.0 Å². The molecule has 0 spiro atoms. The fourth-order valence-electron chi connectivity index (χ4n) is 2.04. The van der Waals surface area contributed by atoms with Crippen molar-refractivity contribution in [3.63, 3.8) is 0 Å². The molecule has 0 atom stereocenters. The SMILES string of the molecule is CC[Si](CC)(CC)c1[c-]cccc1.[Br-].[Mg+2]. The summed E-state index contributed by atoms with van der Waals surface area (Å²) in [5.41, 5.74) is 0. The van der Waals surface area contributed by atoms with E-state index in [4.69, 9.17) is 0 Å². The topological polar surface area (TPSA) is 0 Å². The summed E-state index contributed by atoms with van der Waals surface area (Å²) in [6.45, 7) is 7.00. The summed E-state index contributed by atoms with van der Waals surface area (Å²) in [6.07, 6.45) is 0. The van der Waals surface area contributed by atoms with Crippen molar-refractivity contribution in [3.8, 4) is 0 Å². The number of rotatable bonds is 4. The molecular weight excluding hydrogens is 276 g/mol. The molecule has 0 nitrogen and oxygen atoms in total. The molecule has 0 N–H and O–H groups in total. The molecule has 1 aromatic carbocycles. The Morgan fingerprint density at radius 2 is 1.60 bits per heavy atom. The standard InChI is InChI=1S/C12H19Si.BrH.Mg/c1-4-13(5-2,6-3)12-10-8-7-9-11-12;;/h7-10H,4-6H2,1-3H3;1H;/q-1;;+2/p-1. The zero-order valence-electron chi connectivity index (χ0n) is 10.0. The molecule has 15 heavy (non-hydrogen) atoms. The van der Waals surface area contributed by atoms with Crippen LogP contribution in [-0.4, -0.2) is 31.1 Å². The molecule has 0 aliphatic rings. The zero-order valence-corrected chi connectivity index (χ0v) is 14.0. The molecule has 0 amide bonds. The fourth-order valence-corrected chi connectivity index (χ4v) is 5.53. The molecule has 1 aromatic rings. The Labute approximate surface area is 122 Å². The third kappa shape index (κ3) is 4.21. The number of hydrogen-bond donors (Lipinski definition) is 0. The molecule has 0 saturated carbocycles. The van der Waals surface area contributed by atoms with Crippen LogP contribution in [0.3, 0.4) is 0 Å². The van der Waals surface area contributed by atoms with Gasteiger partial charge >= 0.3 is 23.1 Å². The summed E-state index contributed by atoms with van der Waals surface area (Å²) in [6, 6.07) is 16.0. The van der Waals surface area contributed by atoms with Gasteiger partial charge in [0.2, 0.25) is 0 Å². The first kappa shape index (κ1) is 18.1. The van der Waals surface area contributed by atoms with Gasteiger partial charge in [-0.05, 0) is 0 Å². The minimum Gasteiger partial charge on any atom is -1.00 e. The summed E-state index contributed by atoms with van der Waals surface area (Å²) in [7, 11) is -1.15. The summed E-state index contributed by atoms with van der Waals surface area (Å²) < 4.78 is 0. The number of benzene rings is 1. The summed E-state index contributed by atoms with van der Waals surface area (Å²) in [5, 5.41) is 1.52. The second-order valence-corrected chi connectivity index (χ2v) is 8.84. The number of halogens is 1. The first-order valence-corrected chi connectivity index (χ1v) is 7.88. The Balaban J connectivity index is 0.